The molecule has 0 spiro atoms. The molecule has 80 valence electrons. The molecule has 1 N–H and O–H groups in total. The normalized spacial score (nSPS) is 14.7. The van der Waals surface area contributed by atoms with Crippen molar-refractivity contribution in [3.8, 4) is 0 Å². The van der Waals surface area contributed by atoms with Gasteiger partial charge in [0.1, 0.15) is 5.76 Å². The Hall–Kier alpha value is -0.800. The quantitative estimate of drug-likeness (QED) is 0.797. The van der Waals surface area contributed by atoms with Crippen molar-refractivity contribution in [2.24, 2.45) is 0 Å². The molecule has 0 bridgehead atoms. The van der Waals surface area contributed by atoms with Gasteiger partial charge in [0.15, 0.2) is 0 Å². The Kier molecular flexibility index (Phi) is 3.34. The average molecular weight is 196 g/mol. The van der Waals surface area contributed by atoms with E-state index < -0.39 is 0 Å². The molecule has 1 heterocycles. The molecule has 0 aromatic carbocycles. The summed E-state index contributed by atoms with van der Waals surface area (Å²) in [4.78, 5) is 2.19. The summed E-state index contributed by atoms with van der Waals surface area (Å²) >= 11 is 0. The topological polar surface area (TPSA) is 28.4 Å². The lowest BCUT2D eigenvalue weighted by molar-refractivity contribution is 0.129. The van der Waals surface area contributed by atoms with E-state index in [0.29, 0.717) is 0 Å². The molecular formula is C11H20N2O. The molecular weight excluding hydrogens is 176 g/mol. The van der Waals surface area contributed by atoms with Crippen LogP contribution in [0.25, 0.3) is 0 Å². The zero-order valence-electron chi connectivity index (χ0n) is 9.66. The molecule has 1 atom stereocenters. The first-order chi connectivity index (χ1) is 6.50. The van der Waals surface area contributed by atoms with Gasteiger partial charge >= 0.3 is 0 Å². The van der Waals surface area contributed by atoms with Crippen LogP contribution in [-0.2, 0) is 0 Å². The molecule has 0 amide bonds. The molecule has 0 saturated heterocycles. The third kappa shape index (κ3) is 1.99. The Morgan fingerprint density at radius 1 is 1.43 bits per heavy atom. The highest BCUT2D eigenvalue weighted by molar-refractivity contribution is 5.10. The Balaban J connectivity index is 2.92. The number of likely N-dealkylation sites (N-methyl/N-ethyl adjacent to an activating group) is 2. The van der Waals surface area contributed by atoms with E-state index in [1.165, 1.54) is 0 Å². The molecule has 0 aliphatic carbocycles. The minimum absolute atomic E-state index is 0.0204. The van der Waals surface area contributed by atoms with Crippen molar-refractivity contribution in [1.82, 2.24) is 10.2 Å². The van der Waals surface area contributed by atoms with Crippen molar-refractivity contribution in [1.29, 1.82) is 0 Å². The summed E-state index contributed by atoms with van der Waals surface area (Å²) in [6.07, 6.45) is 1.71. The van der Waals surface area contributed by atoms with Crippen molar-refractivity contribution in [3.05, 3.63) is 24.2 Å². The molecule has 0 saturated carbocycles. The monoisotopic (exact) mass is 196 g/mol. The predicted molar refractivity (Wildman–Crippen MR) is 58.3 cm³/mol. The second-order valence-electron chi connectivity index (χ2n) is 4.29. The highest BCUT2D eigenvalue weighted by Crippen LogP contribution is 2.29. The lowest BCUT2D eigenvalue weighted by atomic mass is 9.91. The number of nitrogens with zero attached hydrogens (tertiary/aromatic N) is 1. The summed E-state index contributed by atoms with van der Waals surface area (Å²) < 4.78 is 5.43. The molecule has 0 radical (unpaired) electrons. The van der Waals surface area contributed by atoms with Crippen molar-refractivity contribution in [2.45, 2.75) is 25.4 Å². The highest BCUT2D eigenvalue weighted by Gasteiger charge is 2.33. The van der Waals surface area contributed by atoms with Crippen molar-refractivity contribution < 1.29 is 4.42 Å². The molecule has 0 aliphatic heterocycles. The van der Waals surface area contributed by atoms with Crippen LogP contribution in [0, 0.1) is 0 Å². The van der Waals surface area contributed by atoms with Gasteiger partial charge in [-0.1, -0.05) is 0 Å². The van der Waals surface area contributed by atoms with E-state index in [-0.39, 0.29) is 11.6 Å². The van der Waals surface area contributed by atoms with Gasteiger partial charge in [-0.3, -0.25) is 0 Å². The summed E-state index contributed by atoms with van der Waals surface area (Å²) in [6.45, 7) is 4.38. The van der Waals surface area contributed by atoms with Gasteiger partial charge < -0.3 is 14.6 Å². The van der Waals surface area contributed by atoms with E-state index in [1.807, 2.05) is 19.2 Å². The number of rotatable bonds is 4. The largest absolute Gasteiger partial charge is 0.468 e. The maximum Gasteiger partial charge on any atom is 0.122 e. The summed E-state index contributed by atoms with van der Waals surface area (Å²) in [5.41, 5.74) is 0.0204. The van der Waals surface area contributed by atoms with Crippen LogP contribution in [0.1, 0.15) is 25.6 Å². The SMILES string of the molecule is CNC(c1ccco1)C(C)(C)N(C)C. The van der Waals surface area contributed by atoms with E-state index in [0.717, 1.165) is 5.76 Å². The maximum absolute atomic E-state index is 5.43. The zero-order chi connectivity index (χ0) is 10.8. The Bertz CT molecular complexity index is 265. The fourth-order valence-electron chi connectivity index (χ4n) is 1.56. The minimum atomic E-state index is 0.0204. The number of nitrogens with one attached hydrogen (secondary N) is 1. The second kappa shape index (κ2) is 4.15. The summed E-state index contributed by atoms with van der Waals surface area (Å²) in [5.74, 6) is 0.978. The molecule has 0 fully saturated rings. The number of hydrogen-bond acceptors (Lipinski definition) is 3. The average Bonchev–Trinajstić information content (AvgIpc) is 2.57. The van der Waals surface area contributed by atoms with E-state index in [1.54, 1.807) is 6.26 Å². The van der Waals surface area contributed by atoms with E-state index in [2.05, 4.69) is 38.2 Å². The zero-order valence-corrected chi connectivity index (χ0v) is 9.66. The van der Waals surface area contributed by atoms with Gasteiger partial charge in [-0.15, -0.1) is 0 Å². The lowest BCUT2D eigenvalue weighted by Gasteiger charge is -2.38. The molecule has 1 aromatic heterocycles. The first-order valence-corrected chi connectivity index (χ1v) is 4.88. The number of furan rings is 1. The first kappa shape index (κ1) is 11.3. The molecule has 3 heteroatoms. The lowest BCUT2D eigenvalue weighted by Crippen LogP contribution is -2.48. The van der Waals surface area contributed by atoms with Crippen LogP contribution in [0.15, 0.2) is 22.8 Å². The minimum Gasteiger partial charge on any atom is -0.468 e. The molecule has 1 rings (SSSR count). The van der Waals surface area contributed by atoms with Gasteiger partial charge in [0, 0.05) is 5.54 Å². The molecule has 1 unspecified atom stereocenters. The van der Waals surface area contributed by atoms with E-state index >= 15 is 0 Å². The molecule has 14 heavy (non-hydrogen) atoms. The van der Waals surface area contributed by atoms with Crippen LogP contribution >= 0.6 is 0 Å². The number of hydrogen-bond donors (Lipinski definition) is 1. The second-order valence-corrected chi connectivity index (χ2v) is 4.29. The van der Waals surface area contributed by atoms with Crippen molar-refractivity contribution >= 4 is 0 Å². The predicted octanol–water partition coefficient (Wildman–Crippen LogP) is 1.88. The van der Waals surface area contributed by atoms with Crippen LogP contribution in [0.3, 0.4) is 0 Å². The van der Waals surface area contributed by atoms with Crippen molar-refractivity contribution in [2.75, 3.05) is 21.1 Å². The Morgan fingerprint density at radius 2 is 2.07 bits per heavy atom. The maximum atomic E-state index is 5.43. The van der Waals surface area contributed by atoms with Crippen LogP contribution in [0.4, 0.5) is 0 Å². The Morgan fingerprint density at radius 3 is 2.43 bits per heavy atom. The summed E-state index contributed by atoms with van der Waals surface area (Å²) in [7, 11) is 6.11. The standard InChI is InChI=1S/C11H20N2O/c1-11(2,13(4)5)10(12-3)9-7-6-8-14-9/h6-8,10,12H,1-5H3. The van der Waals surface area contributed by atoms with Gasteiger partial charge in [-0.25, -0.2) is 0 Å². The summed E-state index contributed by atoms with van der Waals surface area (Å²) in [6, 6.07) is 4.13. The molecule has 0 aliphatic rings. The first-order valence-electron chi connectivity index (χ1n) is 4.88. The fraction of sp³-hybridized carbons (Fsp3) is 0.636. The van der Waals surface area contributed by atoms with Crippen LogP contribution in [-0.4, -0.2) is 31.6 Å². The Labute approximate surface area is 86.1 Å². The van der Waals surface area contributed by atoms with Gasteiger partial charge in [0.25, 0.3) is 0 Å². The fourth-order valence-corrected chi connectivity index (χ4v) is 1.56. The van der Waals surface area contributed by atoms with Crippen LogP contribution in [0.5, 0.6) is 0 Å². The molecule has 1 aromatic rings. The van der Waals surface area contributed by atoms with Gasteiger partial charge in [-0.2, -0.15) is 0 Å². The van der Waals surface area contributed by atoms with E-state index in [9.17, 15) is 0 Å². The third-order valence-corrected chi connectivity index (χ3v) is 2.98. The van der Waals surface area contributed by atoms with Gasteiger partial charge in [0.05, 0.1) is 12.3 Å². The van der Waals surface area contributed by atoms with E-state index in [4.69, 9.17) is 4.42 Å². The highest BCUT2D eigenvalue weighted by atomic mass is 16.3. The summed E-state index contributed by atoms with van der Waals surface area (Å²) in [5, 5.41) is 3.29. The van der Waals surface area contributed by atoms with Crippen LogP contribution in [0.2, 0.25) is 0 Å². The van der Waals surface area contributed by atoms with Gasteiger partial charge in [-0.05, 0) is 47.1 Å². The van der Waals surface area contributed by atoms with Gasteiger partial charge in [0.2, 0.25) is 0 Å². The molecule has 3 nitrogen and oxygen atoms in total. The third-order valence-electron chi connectivity index (χ3n) is 2.98. The van der Waals surface area contributed by atoms with Crippen molar-refractivity contribution in [3.63, 3.8) is 0 Å². The van der Waals surface area contributed by atoms with Crippen LogP contribution < -0.4 is 5.32 Å². The smallest absolute Gasteiger partial charge is 0.122 e.